The summed E-state index contributed by atoms with van der Waals surface area (Å²) in [6.07, 6.45) is 1.53. The first-order chi connectivity index (χ1) is 8.66. The van der Waals surface area contributed by atoms with Crippen LogP contribution < -0.4 is 4.90 Å². The van der Waals surface area contributed by atoms with Gasteiger partial charge in [-0.05, 0) is 26.0 Å². The molecule has 1 fully saturated rings. The van der Waals surface area contributed by atoms with Gasteiger partial charge in [-0.2, -0.15) is 0 Å². The normalized spacial score (nSPS) is 15.8. The predicted molar refractivity (Wildman–Crippen MR) is 67.8 cm³/mol. The summed E-state index contributed by atoms with van der Waals surface area (Å²) in [5.74, 6) is 0.499. The number of rotatable bonds is 3. The van der Waals surface area contributed by atoms with E-state index in [0.29, 0.717) is 18.8 Å². The number of morpholine rings is 1. The molecule has 1 saturated heterocycles. The summed E-state index contributed by atoms with van der Waals surface area (Å²) in [6.45, 7) is 6.67. The van der Waals surface area contributed by atoms with Crippen LogP contribution in [0, 0.1) is 0 Å². The topological polar surface area (TPSA) is 51.7 Å². The second-order valence-electron chi connectivity index (χ2n) is 4.46. The lowest BCUT2D eigenvalue weighted by Crippen LogP contribution is -2.36. The van der Waals surface area contributed by atoms with Gasteiger partial charge in [0.1, 0.15) is 5.82 Å². The van der Waals surface area contributed by atoms with Crippen LogP contribution in [0.3, 0.4) is 0 Å². The summed E-state index contributed by atoms with van der Waals surface area (Å²) < 4.78 is 10.5. The van der Waals surface area contributed by atoms with E-state index in [-0.39, 0.29) is 12.1 Å². The third-order valence-electron chi connectivity index (χ3n) is 2.66. The molecule has 0 atom stereocenters. The molecule has 5 nitrogen and oxygen atoms in total. The fraction of sp³-hybridized carbons (Fsp3) is 0.538. The monoisotopic (exact) mass is 250 g/mol. The number of nitrogens with zero attached hydrogens (tertiary/aromatic N) is 2. The average Bonchev–Trinajstić information content (AvgIpc) is 2.39. The smallest absolute Gasteiger partial charge is 0.338 e. The van der Waals surface area contributed by atoms with Gasteiger partial charge in [0, 0.05) is 19.3 Å². The Kier molecular flexibility index (Phi) is 4.15. The molecule has 2 heterocycles. The number of carbonyl (C=O) groups excluding carboxylic acids is 1. The van der Waals surface area contributed by atoms with Gasteiger partial charge in [0.05, 0.1) is 24.9 Å². The molecule has 0 radical (unpaired) electrons. The molecule has 0 N–H and O–H groups in total. The first-order valence-corrected chi connectivity index (χ1v) is 6.16. The van der Waals surface area contributed by atoms with Gasteiger partial charge in [0.25, 0.3) is 0 Å². The Bertz CT molecular complexity index is 414. The number of pyridine rings is 1. The van der Waals surface area contributed by atoms with E-state index in [4.69, 9.17) is 9.47 Å². The molecule has 0 aromatic carbocycles. The zero-order valence-corrected chi connectivity index (χ0v) is 10.8. The summed E-state index contributed by atoms with van der Waals surface area (Å²) in [4.78, 5) is 18.2. The summed E-state index contributed by atoms with van der Waals surface area (Å²) >= 11 is 0. The number of aromatic nitrogens is 1. The molecule has 5 heteroatoms. The van der Waals surface area contributed by atoms with E-state index in [1.807, 2.05) is 13.8 Å². The van der Waals surface area contributed by atoms with Gasteiger partial charge < -0.3 is 14.4 Å². The van der Waals surface area contributed by atoms with Crippen LogP contribution in [-0.4, -0.2) is 43.4 Å². The van der Waals surface area contributed by atoms with Gasteiger partial charge in [-0.3, -0.25) is 0 Å². The van der Waals surface area contributed by atoms with E-state index in [1.54, 1.807) is 18.3 Å². The number of hydrogen-bond donors (Lipinski definition) is 0. The van der Waals surface area contributed by atoms with Gasteiger partial charge in [0.2, 0.25) is 0 Å². The molecule has 1 aliphatic rings. The van der Waals surface area contributed by atoms with Crippen LogP contribution in [0.15, 0.2) is 18.3 Å². The summed E-state index contributed by atoms with van der Waals surface area (Å²) in [5.41, 5.74) is 0.542. The van der Waals surface area contributed by atoms with Crippen molar-refractivity contribution in [3.8, 4) is 0 Å². The van der Waals surface area contributed by atoms with E-state index in [1.165, 1.54) is 0 Å². The second-order valence-corrected chi connectivity index (χ2v) is 4.46. The highest BCUT2D eigenvalue weighted by atomic mass is 16.5. The Balaban J connectivity index is 2.11. The standard InChI is InChI=1S/C13H18N2O3/c1-10(2)18-13(16)11-3-4-14-12(9-11)15-5-7-17-8-6-15/h3-4,9-10H,5-8H2,1-2H3. The van der Waals surface area contributed by atoms with Crippen molar-refractivity contribution in [1.82, 2.24) is 4.98 Å². The van der Waals surface area contributed by atoms with E-state index < -0.39 is 0 Å². The van der Waals surface area contributed by atoms with Gasteiger partial charge in [0.15, 0.2) is 0 Å². The zero-order valence-electron chi connectivity index (χ0n) is 10.8. The quantitative estimate of drug-likeness (QED) is 0.761. The second kappa shape index (κ2) is 5.82. The number of ether oxygens (including phenoxy) is 2. The van der Waals surface area contributed by atoms with Gasteiger partial charge >= 0.3 is 5.97 Å². The largest absolute Gasteiger partial charge is 0.459 e. The molecule has 0 amide bonds. The molecule has 98 valence electrons. The number of carbonyl (C=O) groups is 1. The molecule has 0 spiro atoms. The summed E-state index contributed by atoms with van der Waals surface area (Å²) in [7, 11) is 0. The van der Waals surface area contributed by atoms with Crippen molar-refractivity contribution in [2.45, 2.75) is 20.0 Å². The average molecular weight is 250 g/mol. The Morgan fingerprint density at radius 2 is 2.17 bits per heavy atom. The minimum absolute atomic E-state index is 0.113. The van der Waals surface area contributed by atoms with Crippen molar-refractivity contribution in [1.29, 1.82) is 0 Å². The molecule has 1 aromatic heterocycles. The maximum Gasteiger partial charge on any atom is 0.338 e. The van der Waals surface area contributed by atoms with E-state index >= 15 is 0 Å². The Hall–Kier alpha value is -1.62. The number of esters is 1. The van der Waals surface area contributed by atoms with E-state index in [9.17, 15) is 4.79 Å². The van der Waals surface area contributed by atoms with E-state index in [2.05, 4.69) is 9.88 Å². The molecule has 1 aromatic rings. The van der Waals surface area contributed by atoms with Crippen molar-refractivity contribution >= 4 is 11.8 Å². The third kappa shape index (κ3) is 3.20. The fourth-order valence-electron chi connectivity index (χ4n) is 1.79. The molecule has 1 aliphatic heterocycles. The highest BCUT2D eigenvalue weighted by Gasteiger charge is 2.15. The molecular weight excluding hydrogens is 232 g/mol. The molecule has 0 unspecified atom stereocenters. The number of anilines is 1. The Morgan fingerprint density at radius 1 is 1.44 bits per heavy atom. The van der Waals surface area contributed by atoms with Crippen LogP contribution >= 0.6 is 0 Å². The first-order valence-electron chi connectivity index (χ1n) is 6.16. The van der Waals surface area contributed by atoms with Crippen LogP contribution in [0.2, 0.25) is 0 Å². The lowest BCUT2D eigenvalue weighted by Gasteiger charge is -2.27. The first kappa shape index (κ1) is 12.8. The molecule has 0 aliphatic carbocycles. The molecule has 18 heavy (non-hydrogen) atoms. The van der Waals surface area contributed by atoms with Gasteiger partial charge in [-0.25, -0.2) is 9.78 Å². The highest BCUT2D eigenvalue weighted by Crippen LogP contribution is 2.15. The number of hydrogen-bond acceptors (Lipinski definition) is 5. The maximum absolute atomic E-state index is 11.8. The Labute approximate surface area is 107 Å². The van der Waals surface area contributed by atoms with Crippen molar-refractivity contribution in [2.75, 3.05) is 31.2 Å². The van der Waals surface area contributed by atoms with Gasteiger partial charge in [-0.1, -0.05) is 0 Å². The predicted octanol–water partition coefficient (Wildman–Crippen LogP) is 1.48. The summed E-state index contributed by atoms with van der Waals surface area (Å²) in [6, 6.07) is 3.45. The van der Waals surface area contributed by atoms with Crippen molar-refractivity contribution < 1.29 is 14.3 Å². The van der Waals surface area contributed by atoms with Crippen LogP contribution in [0.25, 0.3) is 0 Å². The molecular formula is C13H18N2O3. The van der Waals surface area contributed by atoms with Crippen molar-refractivity contribution in [3.63, 3.8) is 0 Å². The SMILES string of the molecule is CC(C)OC(=O)c1ccnc(N2CCOCC2)c1. The van der Waals surface area contributed by atoms with Crippen LogP contribution in [0.4, 0.5) is 5.82 Å². The molecule has 0 saturated carbocycles. The van der Waals surface area contributed by atoms with Crippen LogP contribution in [0.5, 0.6) is 0 Å². The third-order valence-corrected chi connectivity index (χ3v) is 2.66. The lowest BCUT2D eigenvalue weighted by atomic mass is 10.2. The van der Waals surface area contributed by atoms with Crippen LogP contribution in [-0.2, 0) is 9.47 Å². The van der Waals surface area contributed by atoms with Gasteiger partial charge in [-0.15, -0.1) is 0 Å². The van der Waals surface area contributed by atoms with Crippen molar-refractivity contribution in [3.05, 3.63) is 23.9 Å². The van der Waals surface area contributed by atoms with Crippen LogP contribution in [0.1, 0.15) is 24.2 Å². The minimum atomic E-state index is -0.304. The summed E-state index contributed by atoms with van der Waals surface area (Å²) in [5, 5.41) is 0. The lowest BCUT2D eigenvalue weighted by molar-refractivity contribution is 0.0378. The van der Waals surface area contributed by atoms with Crippen molar-refractivity contribution in [2.24, 2.45) is 0 Å². The highest BCUT2D eigenvalue weighted by molar-refractivity contribution is 5.90. The molecule has 2 rings (SSSR count). The Morgan fingerprint density at radius 3 is 2.83 bits per heavy atom. The zero-order chi connectivity index (χ0) is 13.0. The van der Waals surface area contributed by atoms with E-state index in [0.717, 1.165) is 18.9 Å². The molecule has 0 bridgehead atoms. The minimum Gasteiger partial charge on any atom is -0.459 e. The fourth-order valence-corrected chi connectivity index (χ4v) is 1.79. The maximum atomic E-state index is 11.8.